The average Bonchev–Trinajstić information content (AvgIpc) is 3.12. The fourth-order valence-electron chi connectivity index (χ4n) is 1.72. The van der Waals surface area contributed by atoms with Crippen molar-refractivity contribution in [3.8, 4) is 0 Å². The molecule has 0 spiro atoms. The molecule has 0 saturated heterocycles. The topological polar surface area (TPSA) is 78.4 Å². The zero-order valence-electron chi connectivity index (χ0n) is 10.0. The van der Waals surface area contributed by atoms with Crippen LogP contribution in [0.2, 0.25) is 0 Å². The highest BCUT2D eigenvalue weighted by atomic mass is 32.2. The highest BCUT2D eigenvalue weighted by molar-refractivity contribution is 7.87. The molecular formula is C12H18N2O3S. The van der Waals surface area contributed by atoms with E-state index in [1.54, 1.807) is 0 Å². The molecule has 1 aliphatic rings. The molecule has 1 aromatic carbocycles. The van der Waals surface area contributed by atoms with Gasteiger partial charge in [-0.2, -0.15) is 17.9 Å². The van der Waals surface area contributed by atoms with E-state index >= 15 is 0 Å². The first-order valence-electron chi connectivity index (χ1n) is 6.03. The molecule has 1 aromatic rings. The molecule has 0 radical (unpaired) electrons. The number of benzene rings is 1. The summed E-state index contributed by atoms with van der Waals surface area (Å²) in [6, 6.07) is 9.07. The number of hydrogen-bond donors (Lipinski definition) is 3. The van der Waals surface area contributed by atoms with Gasteiger partial charge >= 0.3 is 0 Å². The Hall–Kier alpha value is -0.950. The number of nitrogens with one attached hydrogen (secondary N) is 2. The smallest absolute Gasteiger partial charge is 0.277 e. The fourth-order valence-corrected chi connectivity index (χ4v) is 3.06. The number of aliphatic hydroxyl groups excluding tert-OH is 1. The van der Waals surface area contributed by atoms with Crippen LogP contribution in [0.1, 0.15) is 18.4 Å². The zero-order chi connectivity index (χ0) is 13.0. The first-order chi connectivity index (χ1) is 8.59. The van der Waals surface area contributed by atoms with Crippen molar-refractivity contribution in [3.63, 3.8) is 0 Å². The lowest BCUT2D eigenvalue weighted by molar-refractivity contribution is 0.255. The Morgan fingerprint density at radius 3 is 2.50 bits per heavy atom. The highest BCUT2D eigenvalue weighted by Crippen LogP contribution is 2.19. The van der Waals surface area contributed by atoms with E-state index in [-0.39, 0.29) is 12.6 Å². The van der Waals surface area contributed by atoms with Crippen LogP contribution in [-0.4, -0.2) is 32.2 Å². The van der Waals surface area contributed by atoms with Crippen molar-refractivity contribution >= 4 is 10.2 Å². The van der Waals surface area contributed by atoms with Gasteiger partial charge in [0.05, 0.1) is 12.6 Å². The molecule has 0 amide bonds. The second-order valence-corrected chi connectivity index (χ2v) is 6.06. The van der Waals surface area contributed by atoms with E-state index in [1.807, 2.05) is 30.3 Å². The maximum absolute atomic E-state index is 11.7. The lowest BCUT2D eigenvalue weighted by Crippen LogP contribution is -2.46. The summed E-state index contributed by atoms with van der Waals surface area (Å²) in [4.78, 5) is 0. The molecule has 1 aliphatic carbocycles. The summed E-state index contributed by atoms with van der Waals surface area (Å²) < 4.78 is 28.4. The third-order valence-corrected chi connectivity index (χ3v) is 4.05. The molecule has 1 atom stereocenters. The molecule has 6 heteroatoms. The highest BCUT2D eigenvalue weighted by Gasteiger charge is 2.28. The Balaban J connectivity index is 1.92. The van der Waals surface area contributed by atoms with Gasteiger partial charge in [-0.3, -0.25) is 0 Å². The summed E-state index contributed by atoms with van der Waals surface area (Å²) in [6.07, 6.45) is 2.26. The Morgan fingerprint density at radius 1 is 1.28 bits per heavy atom. The summed E-state index contributed by atoms with van der Waals surface area (Å²) in [5, 5.41) is 9.25. The van der Waals surface area contributed by atoms with Crippen LogP contribution >= 0.6 is 0 Å². The normalized spacial score (nSPS) is 17.6. The Labute approximate surface area is 107 Å². The summed E-state index contributed by atoms with van der Waals surface area (Å²) in [6.45, 7) is -0.222. The molecule has 2 rings (SSSR count). The quantitative estimate of drug-likeness (QED) is 0.661. The second kappa shape index (κ2) is 5.79. The first-order valence-corrected chi connectivity index (χ1v) is 7.52. The molecule has 0 aromatic heterocycles. The maximum atomic E-state index is 11.7. The van der Waals surface area contributed by atoms with Gasteiger partial charge in [-0.25, -0.2) is 0 Å². The van der Waals surface area contributed by atoms with Crippen LogP contribution < -0.4 is 9.44 Å². The third kappa shape index (κ3) is 4.38. The molecule has 1 fully saturated rings. The second-order valence-electron chi connectivity index (χ2n) is 4.58. The molecule has 1 saturated carbocycles. The van der Waals surface area contributed by atoms with E-state index in [0.717, 1.165) is 18.4 Å². The minimum absolute atomic E-state index is 0.0681. The molecule has 5 nitrogen and oxygen atoms in total. The van der Waals surface area contributed by atoms with Crippen molar-refractivity contribution < 1.29 is 13.5 Å². The Bertz CT molecular complexity index is 471. The van der Waals surface area contributed by atoms with E-state index in [4.69, 9.17) is 0 Å². The van der Waals surface area contributed by atoms with Crippen LogP contribution in [0.3, 0.4) is 0 Å². The third-order valence-electron chi connectivity index (χ3n) is 2.77. The van der Waals surface area contributed by atoms with Crippen molar-refractivity contribution in [2.24, 2.45) is 0 Å². The molecule has 0 heterocycles. The first kappa shape index (κ1) is 13.5. The average molecular weight is 270 g/mol. The van der Waals surface area contributed by atoms with Crippen molar-refractivity contribution in [2.45, 2.75) is 31.3 Å². The van der Waals surface area contributed by atoms with Crippen molar-refractivity contribution in [1.82, 2.24) is 9.44 Å². The largest absolute Gasteiger partial charge is 0.395 e. The van der Waals surface area contributed by atoms with E-state index in [1.165, 1.54) is 0 Å². The van der Waals surface area contributed by atoms with Crippen LogP contribution in [0, 0.1) is 0 Å². The summed E-state index contributed by atoms with van der Waals surface area (Å²) in [5.41, 5.74) is 0.991. The van der Waals surface area contributed by atoms with Crippen LogP contribution in [0.15, 0.2) is 30.3 Å². The van der Waals surface area contributed by atoms with Gasteiger partial charge in [0.25, 0.3) is 10.2 Å². The van der Waals surface area contributed by atoms with Gasteiger partial charge < -0.3 is 5.11 Å². The fraction of sp³-hybridized carbons (Fsp3) is 0.500. The maximum Gasteiger partial charge on any atom is 0.277 e. The Kier molecular flexibility index (Phi) is 4.34. The van der Waals surface area contributed by atoms with Crippen molar-refractivity contribution in [2.75, 3.05) is 6.61 Å². The lowest BCUT2D eigenvalue weighted by atomic mass is 10.1. The molecule has 0 bridgehead atoms. The van der Waals surface area contributed by atoms with Crippen LogP contribution in [0.5, 0.6) is 0 Å². The Morgan fingerprint density at radius 2 is 1.94 bits per heavy atom. The molecule has 0 unspecified atom stereocenters. The number of hydrogen-bond acceptors (Lipinski definition) is 3. The predicted molar refractivity (Wildman–Crippen MR) is 69.2 cm³/mol. The standard InChI is InChI=1S/C12H18N2O3S/c15-9-12(8-10-4-2-1-3-5-10)14-18(16,17)13-11-6-7-11/h1-5,11-15H,6-9H2/t12-/m0/s1. The number of aliphatic hydroxyl groups is 1. The van der Waals surface area contributed by atoms with Crippen LogP contribution in [-0.2, 0) is 16.6 Å². The van der Waals surface area contributed by atoms with E-state index in [9.17, 15) is 13.5 Å². The van der Waals surface area contributed by atoms with Gasteiger partial charge in [-0.15, -0.1) is 0 Å². The van der Waals surface area contributed by atoms with Crippen molar-refractivity contribution in [3.05, 3.63) is 35.9 Å². The monoisotopic (exact) mass is 270 g/mol. The number of rotatable bonds is 7. The lowest BCUT2D eigenvalue weighted by Gasteiger charge is -2.16. The molecule has 3 N–H and O–H groups in total. The minimum atomic E-state index is -3.51. The van der Waals surface area contributed by atoms with Gasteiger partial charge in [0.1, 0.15) is 0 Å². The zero-order valence-corrected chi connectivity index (χ0v) is 10.9. The molecule has 100 valence electrons. The summed E-state index contributed by atoms with van der Waals surface area (Å²) in [7, 11) is -3.51. The SMILES string of the molecule is O=S(=O)(NC1CC1)N[C@H](CO)Cc1ccccc1. The van der Waals surface area contributed by atoms with E-state index < -0.39 is 16.3 Å². The predicted octanol–water partition coefficient (Wildman–Crippen LogP) is 0.176. The van der Waals surface area contributed by atoms with Gasteiger partial charge in [-0.05, 0) is 24.8 Å². The van der Waals surface area contributed by atoms with Gasteiger partial charge in [0, 0.05) is 6.04 Å². The van der Waals surface area contributed by atoms with E-state index in [0.29, 0.717) is 6.42 Å². The summed E-state index contributed by atoms with van der Waals surface area (Å²) >= 11 is 0. The minimum Gasteiger partial charge on any atom is -0.395 e. The van der Waals surface area contributed by atoms with Gasteiger partial charge in [-0.1, -0.05) is 30.3 Å². The van der Waals surface area contributed by atoms with Crippen LogP contribution in [0.25, 0.3) is 0 Å². The summed E-state index contributed by atoms with van der Waals surface area (Å²) in [5.74, 6) is 0. The van der Waals surface area contributed by atoms with Gasteiger partial charge in [0.15, 0.2) is 0 Å². The molecule has 0 aliphatic heterocycles. The van der Waals surface area contributed by atoms with Gasteiger partial charge in [0.2, 0.25) is 0 Å². The molecular weight excluding hydrogens is 252 g/mol. The molecule has 18 heavy (non-hydrogen) atoms. The van der Waals surface area contributed by atoms with Crippen LogP contribution in [0.4, 0.5) is 0 Å². The van der Waals surface area contributed by atoms with E-state index in [2.05, 4.69) is 9.44 Å². The van der Waals surface area contributed by atoms with Crippen molar-refractivity contribution in [1.29, 1.82) is 0 Å².